The lowest BCUT2D eigenvalue weighted by Crippen LogP contribution is -2.36. The first-order valence-corrected chi connectivity index (χ1v) is 8.89. The summed E-state index contributed by atoms with van der Waals surface area (Å²) in [5, 5.41) is 0. The zero-order valence-corrected chi connectivity index (χ0v) is 13.2. The van der Waals surface area contributed by atoms with E-state index in [0.717, 1.165) is 38.2 Å². The van der Waals surface area contributed by atoms with Crippen molar-refractivity contribution in [2.75, 3.05) is 6.54 Å². The second-order valence-electron chi connectivity index (χ2n) is 5.84. The van der Waals surface area contributed by atoms with Crippen LogP contribution < -0.4 is 10.5 Å². The maximum atomic E-state index is 13.4. The molecule has 0 heterocycles. The van der Waals surface area contributed by atoms with Crippen molar-refractivity contribution in [3.63, 3.8) is 0 Å². The lowest BCUT2D eigenvalue weighted by Gasteiger charge is -2.27. The number of nitrogens with two attached hydrogens (primary N) is 1. The second-order valence-corrected chi connectivity index (χ2v) is 7.58. The van der Waals surface area contributed by atoms with Crippen LogP contribution in [0.1, 0.15) is 44.6 Å². The highest BCUT2D eigenvalue weighted by atomic mass is 32.2. The molecule has 0 amide bonds. The van der Waals surface area contributed by atoms with E-state index in [0.29, 0.717) is 12.1 Å². The molecule has 0 aromatic heterocycles. The van der Waals surface area contributed by atoms with Gasteiger partial charge in [0.1, 0.15) is 5.82 Å². The maximum absolute atomic E-state index is 13.4. The van der Waals surface area contributed by atoms with Gasteiger partial charge in [0.2, 0.25) is 10.0 Å². The minimum atomic E-state index is -3.73. The second kappa shape index (κ2) is 6.42. The minimum Gasteiger partial charge on any atom is -0.326 e. The Morgan fingerprint density at radius 1 is 1.33 bits per heavy atom. The van der Waals surface area contributed by atoms with Gasteiger partial charge in [-0.3, -0.25) is 0 Å². The molecule has 0 spiro atoms. The van der Waals surface area contributed by atoms with E-state index < -0.39 is 15.8 Å². The third-order valence-electron chi connectivity index (χ3n) is 4.59. The van der Waals surface area contributed by atoms with Crippen molar-refractivity contribution < 1.29 is 12.8 Å². The van der Waals surface area contributed by atoms with Crippen LogP contribution >= 0.6 is 0 Å². The van der Waals surface area contributed by atoms with Crippen molar-refractivity contribution in [2.24, 2.45) is 11.1 Å². The summed E-state index contributed by atoms with van der Waals surface area (Å²) < 4.78 is 40.9. The molecular formula is C15H23FN2O2S. The molecule has 1 aromatic carbocycles. The van der Waals surface area contributed by atoms with E-state index in [9.17, 15) is 12.8 Å². The molecule has 3 N–H and O–H groups in total. The van der Waals surface area contributed by atoms with Gasteiger partial charge in [-0.1, -0.05) is 25.8 Å². The van der Waals surface area contributed by atoms with Gasteiger partial charge >= 0.3 is 0 Å². The summed E-state index contributed by atoms with van der Waals surface area (Å²) in [6.45, 7) is 2.56. The fourth-order valence-electron chi connectivity index (χ4n) is 3.05. The van der Waals surface area contributed by atoms with Gasteiger partial charge in [0.15, 0.2) is 0 Å². The molecule has 0 bridgehead atoms. The van der Waals surface area contributed by atoms with Crippen LogP contribution in [0.15, 0.2) is 23.1 Å². The molecule has 1 aromatic rings. The molecule has 1 aliphatic rings. The van der Waals surface area contributed by atoms with E-state index in [4.69, 9.17) is 5.73 Å². The zero-order chi connectivity index (χ0) is 15.5. The molecule has 0 aliphatic heterocycles. The molecule has 1 aliphatic carbocycles. The fraction of sp³-hybridized carbons (Fsp3) is 0.600. The molecule has 2 rings (SSSR count). The van der Waals surface area contributed by atoms with Crippen LogP contribution in [0.2, 0.25) is 0 Å². The molecular weight excluding hydrogens is 291 g/mol. The Morgan fingerprint density at radius 3 is 2.57 bits per heavy atom. The molecule has 1 fully saturated rings. The first-order chi connectivity index (χ1) is 9.92. The predicted octanol–water partition coefficient (Wildman–Crippen LogP) is 2.53. The lowest BCUT2D eigenvalue weighted by molar-refractivity contribution is 0.285. The first-order valence-electron chi connectivity index (χ1n) is 7.41. The van der Waals surface area contributed by atoms with E-state index in [-0.39, 0.29) is 16.9 Å². The Kier molecular flexibility index (Phi) is 5.01. The molecule has 0 unspecified atom stereocenters. The Hall–Kier alpha value is -0.980. The number of halogens is 1. The number of hydrogen-bond acceptors (Lipinski definition) is 3. The van der Waals surface area contributed by atoms with Crippen LogP contribution in [0, 0.1) is 11.2 Å². The normalized spacial score (nSPS) is 18.0. The molecule has 118 valence electrons. The standard InChI is InChI=1S/C15H23FN2O2S/c1-2-15(7-3-4-8-15)11-18-21(19,20)14-9-13(16)6-5-12(14)10-17/h5-6,9,18H,2-4,7-8,10-11,17H2,1H3. The number of rotatable bonds is 6. The highest BCUT2D eigenvalue weighted by Crippen LogP contribution is 2.40. The van der Waals surface area contributed by atoms with E-state index in [1.165, 1.54) is 12.1 Å². The molecule has 6 heteroatoms. The van der Waals surface area contributed by atoms with Crippen molar-refractivity contribution in [3.05, 3.63) is 29.6 Å². The van der Waals surface area contributed by atoms with Crippen molar-refractivity contribution in [3.8, 4) is 0 Å². The summed E-state index contributed by atoms with van der Waals surface area (Å²) in [6.07, 6.45) is 5.31. The van der Waals surface area contributed by atoms with Crippen LogP contribution in [0.25, 0.3) is 0 Å². The summed E-state index contributed by atoms with van der Waals surface area (Å²) in [4.78, 5) is -0.0470. The molecule has 0 atom stereocenters. The van der Waals surface area contributed by atoms with Crippen LogP contribution in [-0.2, 0) is 16.6 Å². The van der Waals surface area contributed by atoms with E-state index in [2.05, 4.69) is 11.6 Å². The van der Waals surface area contributed by atoms with Crippen molar-refractivity contribution in [2.45, 2.75) is 50.5 Å². The number of benzene rings is 1. The number of nitrogens with one attached hydrogen (secondary N) is 1. The fourth-order valence-corrected chi connectivity index (χ4v) is 4.47. The van der Waals surface area contributed by atoms with E-state index >= 15 is 0 Å². The average Bonchev–Trinajstić information content (AvgIpc) is 2.95. The van der Waals surface area contributed by atoms with Crippen LogP contribution in [0.4, 0.5) is 4.39 Å². The Labute approximate surface area is 126 Å². The lowest BCUT2D eigenvalue weighted by atomic mass is 9.84. The van der Waals surface area contributed by atoms with Gasteiger partial charge in [0.05, 0.1) is 4.90 Å². The summed E-state index contributed by atoms with van der Waals surface area (Å²) >= 11 is 0. The van der Waals surface area contributed by atoms with Gasteiger partial charge in [-0.2, -0.15) is 0 Å². The molecule has 1 saturated carbocycles. The SMILES string of the molecule is CCC1(CNS(=O)(=O)c2cc(F)ccc2CN)CCCC1. The van der Waals surface area contributed by atoms with E-state index in [1.807, 2.05) is 0 Å². The predicted molar refractivity (Wildman–Crippen MR) is 80.7 cm³/mol. The van der Waals surface area contributed by atoms with Gasteiger partial charge < -0.3 is 5.73 Å². The summed E-state index contributed by atoms with van der Waals surface area (Å²) in [7, 11) is -3.73. The Morgan fingerprint density at radius 2 is 2.00 bits per heavy atom. The number of hydrogen-bond donors (Lipinski definition) is 2. The Balaban J connectivity index is 2.20. The minimum absolute atomic E-state index is 0.0449. The third kappa shape index (κ3) is 3.62. The third-order valence-corrected chi connectivity index (χ3v) is 6.07. The summed E-state index contributed by atoms with van der Waals surface area (Å²) in [6, 6.07) is 3.69. The zero-order valence-electron chi connectivity index (χ0n) is 12.4. The summed E-state index contributed by atoms with van der Waals surface area (Å²) in [5.41, 5.74) is 6.03. The van der Waals surface area contributed by atoms with Gasteiger partial charge in [-0.25, -0.2) is 17.5 Å². The Bertz CT molecular complexity index is 596. The van der Waals surface area contributed by atoms with Crippen molar-refractivity contribution >= 4 is 10.0 Å². The van der Waals surface area contributed by atoms with Crippen LogP contribution in [0.5, 0.6) is 0 Å². The van der Waals surface area contributed by atoms with E-state index in [1.54, 1.807) is 0 Å². The monoisotopic (exact) mass is 314 g/mol. The highest BCUT2D eigenvalue weighted by Gasteiger charge is 2.33. The summed E-state index contributed by atoms with van der Waals surface area (Å²) in [5.74, 6) is -0.571. The average molecular weight is 314 g/mol. The van der Waals surface area contributed by atoms with Crippen LogP contribution in [0.3, 0.4) is 0 Å². The quantitative estimate of drug-likeness (QED) is 0.847. The topological polar surface area (TPSA) is 72.2 Å². The highest BCUT2D eigenvalue weighted by molar-refractivity contribution is 7.89. The maximum Gasteiger partial charge on any atom is 0.241 e. The van der Waals surface area contributed by atoms with Gasteiger partial charge in [-0.05, 0) is 42.4 Å². The molecule has 0 radical (unpaired) electrons. The van der Waals surface area contributed by atoms with Crippen molar-refractivity contribution in [1.82, 2.24) is 4.72 Å². The largest absolute Gasteiger partial charge is 0.326 e. The molecule has 21 heavy (non-hydrogen) atoms. The molecule has 4 nitrogen and oxygen atoms in total. The van der Waals surface area contributed by atoms with Crippen LogP contribution in [-0.4, -0.2) is 15.0 Å². The molecule has 0 saturated heterocycles. The smallest absolute Gasteiger partial charge is 0.241 e. The van der Waals surface area contributed by atoms with Crippen molar-refractivity contribution in [1.29, 1.82) is 0 Å². The van der Waals surface area contributed by atoms with Gasteiger partial charge in [0, 0.05) is 13.1 Å². The first kappa shape index (κ1) is 16.4. The van der Waals surface area contributed by atoms with Gasteiger partial charge in [-0.15, -0.1) is 0 Å². The number of sulfonamides is 1. The van der Waals surface area contributed by atoms with Gasteiger partial charge in [0.25, 0.3) is 0 Å².